The molecule has 1 N–H and O–H groups in total. The standard InChI is InChI=1S/C22H21FN2O3S/c1-15-5-7-17(8-6-15)22(26)25-14-21(18-4-3-11-24-13-18)29(27,28)19-9-10-20(23)16(2)12-19/h3-13,21H,14H2,1-2H3,(H,25,26)/t21-/m1/s1. The summed E-state index contributed by atoms with van der Waals surface area (Å²) < 4.78 is 40.2. The predicted molar refractivity (Wildman–Crippen MR) is 109 cm³/mol. The highest BCUT2D eigenvalue weighted by Gasteiger charge is 2.30. The van der Waals surface area contributed by atoms with Crippen LogP contribution in [0.3, 0.4) is 0 Å². The van der Waals surface area contributed by atoms with Crippen LogP contribution in [-0.4, -0.2) is 25.9 Å². The Balaban J connectivity index is 1.91. The molecule has 150 valence electrons. The van der Waals surface area contributed by atoms with Crippen LogP contribution < -0.4 is 5.32 Å². The molecule has 3 aromatic rings. The lowest BCUT2D eigenvalue weighted by Crippen LogP contribution is -2.32. The van der Waals surface area contributed by atoms with E-state index in [9.17, 15) is 17.6 Å². The molecule has 1 atom stereocenters. The number of carbonyl (C=O) groups excluding carboxylic acids is 1. The fourth-order valence-corrected chi connectivity index (χ4v) is 4.65. The van der Waals surface area contributed by atoms with E-state index in [0.717, 1.165) is 11.6 Å². The molecule has 1 aromatic heterocycles. The van der Waals surface area contributed by atoms with Gasteiger partial charge in [-0.15, -0.1) is 0 Å². The van der Waals surface area contributed by atoms with Crippen molar-refractivity contribution in [2.75, 3.05) is 6.54 Å². The van der Waals surface area contributed by atoms with Crippen molar-refractivity contribution in [1.29, 1.82) is 0 Å². The van der Waals surface area contributed by atoms with E-state index in [0.29, 0.717) is 11.1 Å². The summed E-state index contributed by atoms with van der Waals surface area (Å²) in [4.78, 5) is 16.5. The van der Waals surface area contributed by atoms with E-state index in [1.807, 2.05) is 19.1 Å². The minimum Gasteiger partial charge on any atom is -0.350 e. The van der Waals surface area contributed by atoms with Crippen LogP contribution in [0.15, 0.2) is 71.9 Å². The molecular formula is C22H21FN2O3S. The second kappa shape index (κ2) is 8.53. The van der Waals surface area contributed by atoms with Crippen molar-refractivity contribution in [3.8, 4) is 0 Å². The lowest BCUT2D eigenvalue weighted by atomic mass is 10.1. The average molecular weight is 412 g/mol. The number of nitrogens with zero attached hydrogens (tertiary/aromatic N) is 1. The number of carbonyl (C=O) groups is 1. The fourth-order valence-electron chi connectivity index (χ4n) is 2.92. The summed E-state index contributed by atoms with van der Waals surface area (Å²) in [6.07, 6.45) is 3.00. The van der Waals surface area contributed by atoms with Crippen LogP contribution in [0.25, 0.3) is 0 Å². The van der Waals surface area contributed by atoms with Gasteiger partial charge in [0.15, 0.2) is 9.84 Å². The monoisotopic (exact) mass is 412 g/mol. The van der Waals surface area contributed by atoms with Crippen molar-refractivity contribution < 1.29 is 17.6 Å². The van der Waals surface area contributed by atoms with Gasteiger partial charge < -0.3 is 5.32 Å². The van der Waals surface area contributed by atoms with E-state index >= 15 is 0 Å². The van der Waals surface area contributed by atoms with Gasteiger partial charge in [0.1, 0.15) is 11.1 Å². The van der Waals surface area contributed by atoms with Crippen LogP contribution in [-0.2, 0) is 9.84 Å². The number of aryl methyl sites for hydroxylation is 2. The SMILES string of the molecule is Cc1ccc(C(=O)NC[C@H](c2cccnc2)S(=O)(=O)c2ccc(F)c(C)c2)cc1. The molecule has 0 fully saturated rings. The van der Waals surface area contributed by atoms with E-state index in [2.05, 4.69) is 10.3 Å². The summed E-state index contributed by atoms with van der Waals surface area (Å²) in [6, 6.07) is 13.9. The molecule has 0 aliphatic heterocycles. The zero-order valence-electron chi connectivity index (χ0n) is 16.1. The second-order valence-corrected chi connectivity index (χ2v) is 8.94. The summed E-state index contributed by atoms with van der Waals surface area (Å²) in [5, 5.41) is 1.64. The van der Waals surface area contributed by atoms with Crippen LogP contribution in [0.5, 0.6) is 0 Å². The van der Waals surface area contributed by atoms with Gasteiger partial charge in [0, 0.05) is 24.5 Å². The van der Waals surface area contributed by atoms with Crippen LogP contribution in [0.1, 0.15) is 32.3 Å². The van der Waals surface area contributed by atoms with Crippen molar-refractivity contribution in [3.05, 3.63) is 95.1 Å². The first-order chi connectivity index (χ1) is 13.8. The third-order valence-corrected chi connectivity index (χ3v) is 6.75. The molecule has 1 heterocycles. The van der Waals surface area contributed by atoms with Crippen LogP contribution in [0.4, 0.5) is 4.39 Å². The highest BCUT2D eigenvalue weighted by Crippen LogP contribution is 2.29. The Morgan fingerprint density at radius 2 is 1.83 bits per heavy atom. The summed E-state index contributed by atoms with van der Waals surface area (Å²) in [5.41, 5.74) is 2.14. The smallest absolute Gasteiger partial charge is 0.251 e. The van der Waals surface area contributed by atoms with E-state index in [-0.39, 0.29) is 22.9 Å². The van der Waals surface area contributed by atoms with Crippen LogP contribution >= 0.6 is 0 Å². The van der Waals surface area contributed by atoms with E-state index in [1.165, 1.54) is 25.3 Å². The number of benzene rings is 2. The van der Waals surface area contributed by atoms with Gasteiger partial charge in [0.25, 0.3) is 5.91 Å². The van der Waals surface area contributed by atoms with Gasteiger partial charge in [-0.05, 0) is 61.4 Å². The molecule has 0 saturated carbocycles. The number of aromatic nitrogens is 1. The normalized spacial score (nSPS) is 12.4. The molecule has 7 heteroatoms. The molecule has 0 saturated heterocycles. The summed E-state index contributed by atoms with van der Waals surface area (Å²) in [7, 11) is -3.90. The number of pyridine rings is 1. The first-order valence-corrected chi connectivity index (χ1v) is 10.6. The number of hydrogen-bond donors (Lipinski definition) is 1. The minimum atomic E-state index is -3.90. The van der Waals surface area contributed by atoms with Gasteiger partial charge in [0.2, 0.25) is 0 Å². The average Bonchev–Trinajstić information content (AvgIpc) is 2.71. The quantitative estimate of drug-likeness (QED) is 0.625. The molecule has 1 amide bonds. The molecule has 3 rings (SSSR count). The van der Waals surface area contributed by atoms with Crippen molar-refractivity contribution in [3.63, 3.8) is 0 Å². The van der Waals surface area contributed by atoms with Crippen molar-refractivity contribution in [2.24, 2.45) is 0 Å². The Hall–Kier alpha value is -3.06. The molecule has 0 unspecified atom stereocenters. The Morgan fingerprint density at radius 1 is 1.10 bits per heavy atom. The maximum atomic E-state index is 13.6. The Morgan fingerprint density at radius 3 is 2.45 bits per heavy atom. The minimum absolute atomic E-state index is 0.00478. The van der Waals surface area contributed by atoms with Gasteiger partial charge in [-0.3, -0.25) is 9.78 Å². The topological polar surface area (TPSA) is 76.1 Å². The number of rotatable bonds is 6. The molecule has 29 heavy (non-hydrogen) atoms. The third-order valence-electron chi connectivity index (χ3n) is 4.65. The van der Waals surface area contributed by atoms with Gasteiger partial charge in [0.05, 0.1) is 4.90 Å². The van der Waals surface area contributed by atoms with Crippen LogP contribution in [0.2, 0.25) is 0 Å². The zero-order chi connectivity index (χ0) is 21.0. The third kappa shape index (κ3) is 4.68. The summed E-state index contributed by atoms with van der Waals surface area (Å²) >= 11 is 0. The lowest BCUT2D eigenvalue weighted by Gasteiger charge is -2.19. The van der Waals surface area contributed by atoms with Gasteiger partial charge in [-0.1, -0.05) is 23.8 Å². The number of sulfone groups is 1. The molecule has 0 spiro atoms. The Bertz CT molecular complexity index is 1110. The van der Waals surface area contributed by atoms with E-state index in [4.69, 9.17) is 0 Å². The van der Waals surface area contributed by atoms with Crippen LogP contribution in [0, 0.1) is 19.7 Å². The lowest BCUT2D eigenvalue weighted by molar-refractivity contribution is 0.0953. The van der Waals surface area contributed by atoms with Gasteiger partial charge in [-0.25, -0.2) is 12.8 Å². The van der Waals surface area contributed by atoms with Crippen molar-refractivity contribution in [2.45, 2.75) is 24.0 Å². The first-order valence-electron chi connectivity index (χ1n) is 9.04. The van der Waals surface area contributed by atoms with E-state index < -0.39 is 20.9 Å². The predicted octanol–water partition coefficient (Wildman–Crippen LogP) is 3.78. The van der Waals surface area contributed by atoms with E-state index in [1.54, 1.807) is 30.5 Å². The second-order valence-electron chi connectivity index (χ2n) is 6.81. The number of amides is 1. The molecular weight excluding hydrogens is 391 g/mol. The summed E-state index contributed by atoms with van der Waals surface area (Å²) in [6.45, 7) is 3.28. The first kappa shape index (κ1) is 20.7. The zero-order valence-corrected chi connectivity index (χ0v) is 16.9. The molecule has 0 bridgehead atoms. The van der Waals surface area contributed by atoms with Gasteiger partial charge >= 0.3 is 0 Å². The molecule has 0 aliphatic rings. The maximum Gasteiger partial charge on any atom is 0.251 e. The molecule has 5 nitrogen and oxygen atoms in total. The van der Waals surface area contributed by atoms with Gasteiger partial charge in [-0.2, -0.15) is 0 Å². The molecule has 2 aromatic carbocycles. The number of hydrogen-bond acceptors (Lipinski definition) is 4. The fraction of sp³-hybridized carbons (Fsp3) is 0.182. The number of nitrogens with one attached hydrogen (secondary N) is 1. The Kier molecular flexibility index (Phi) is 6.08. The highest BCUT2D eigenvalue weighted by molar-refractivity contribution is 7.91. The summed E-state index contributed by atoms with van der Waals surface area (Å²) in [5.74, 6) is -0.848. The number of halogens is 1. The highest BCUT2D eigenvalue weighted by atomic mass is 32.2. The molecule has 0 radical (unpaired) electrons. The largest absolute Gasteiger partial charge is 0.350 e. The van der Waals surface area contributed by atoms with Crippen molar-refractivity contribution in [1.82, 2.24) is 10.3 Å². The maximum absolute atomic E-state index is 13.6. The Labute approximate surface area is 169 Å². The van der Waals surface area contributed by atoms with Crippen molar-refractivity contribution >= 4 is 15.7 Å². The molecule has 0 aliphatic carbocycles.